The van der Waals surface area contributed by atoms with E-state index in [2.05, 4.69) is 0 Å². The quantitative estimate of drug-likeness (QED) is 0.0910. The van der Waals surface area contributed by atoms with Crippen LogP contribution in [0, 0.1) is 5.41 Å². The average molecular weight is 695 g/mol. The average Bonchev–Trinajstić information content (AvgIpc) is 3.13. The molecule has 0 heterocycles. The molecule has 4 rings (SSSR count). The van der Waals surface area contributed by atoms with Crippen molar-refractivity contribution >= 4 is 34.9 Å². The molecule has 0 aliphatic heterocycles. The molecule has 10 heteroatoms. The Hall–Kier alpha value is -5.64. The van der Waals surface area contributed by atoms with Crippen molar-refractivity contribution in [3.8, 4) is 11.5 Å². The molecule has 0 fully saturated rings. The molecular formula is C41H46N2O8. The van der Waals surface area contributed by atoms with E-state index >= 15 is 0 Å². The number of ether oxygens (including phenoxy) is 2. The van der Waals surface area contributed by atoms with Crippen LogP contribution < -0.4 is 9.80 Å². The number of hydrogen-bond donors (Lipinski definition) is 2. The van der Waals surface area contributed by atoms with E-state index in [0.29, 0.717) is 0 Å². The Balaban J connectivity index is 1.43. The molecule has 0 aromatic heterocycles. The van der Waals surface area contributed by atoms with Crippen LogP contribution >= 0.6 is 0 Å². The first-order valence-corrected chi connectivity index (χ1v) is 17.1. The summed E-state index contributed by atoms with van der Waals surface area (Å²) >= 11 is 0. The SMILES string of the molecule is CCN(CC)c1ccc(C(=O)c2ccccc2C(=O)OCC(C)(C)COC(=O)c2ccccc2C(=O)c2ccc(N(CC)CC)cc2O)c(O)c1. The van der Waals surface area contributed by atoms with Crippen LogP contribution in [0.2, 0.25) is 0 Å². The van der Waals surface area contributed by atoms with Gasteiger partial charge in [0.25, 0.3) is 0 Å². The third-order valence-electron chi connectivity index (χ3n) is 8.68. The van der Waals surface area contributed by atoms with Crippen LogP contribution in [0.1, 0.15) is 94.1 Å². The van der Waals surface area contributed by atoms with Gasteiger partial charge in [0.05, 0.1) is 35.5 Å². The van der Waals surface area contributed by atoms with Crippen molar-refractivity contribution in [2.75, 3.05) is 49.2 Å². The lowest BCUT2D eigenvalue weighted by Gasteiger charge is -2.24. The van der Waals surface area contributed by atoms with Crippen molar-refractivity contribution < 1.29 is 38.9 Å². The monoisotopic (exact) mass is 694 g/mol. The molecule has 10 nitrogen and oxygen atoms in total. The van der Waals surface area contributed by atoms with Gasteiger partial charge in [0, 0.05) is 66.2 Å². The van der Waals surface area contributed by atoms with E-state index in [4.69, 9.17) is 9.47 Å². The van der Waals surface area contributed by atoms with Crippen LogP contribution in [0.25, 0.3) is 0 Å². The first-order chi connectivity index (χ1) is 24.3. The number of esters is 2. The van der Waals surface area contributed by atoms with Crippen molar-refractivity contribution in [2.45, 2.75) is 41.5 Å². The zero-order valence-corrected chi connectivity index (χ0v) is 30.1. The van der Waals surface area contributed by atoms with Gasteiger partial charge >= 0.3 is 11.9 Å². The smallest absolute Gasteiger partial charge is 0.338 e. The van der Waals surface area contributed by atoms with E-state index in [-0.39, 0.29) is 58.1 Å². The number of carbonyl (C=O) groups is 4. The van der Waals surface area contributed by atoms with E-state index in [9.17, 15) is 29.4 Å². The van der Waals surface area contributed by atoms with Gasteiger partial charge in [-0.05, 0) is 64.1 Å². The number of hydrogen-bond acceptors (Lipinski definition) is 10. The Bertz CT molecular complexity index is 1760. The van der Waals surface area contributed by atoms with E-state index in [1.165, 1.54) is 36.4 Å². The van der Waals surface area contributed by atoms with E-state index in [1.54, 1.807) is 62.4 Å². The Kier molecular flexibility index (Phi) is 12.6. The topological polar surface area (TPSA) is 134 Å². The van der Waals surface area contributed by atoms with Gasteiger partial charge in [0.15, 0.2) is 11.6 Å². The fraction of sp³-hybridized carbons (Fsp3) is 0.317. The highest BCUT2D eigenvalue weighted by molar-refractivity contribution is 6.16. The Labute approximate surface area is 299 Å². The van der Waals surface area contributed by atoms with Gasteiger partial charge in [-0.3, -0.25) is 9.59 Å². The number of aromatic hydroxyl groups is 2. The molecule has 268 valence electrons. The zero-order valence-electron chi connectivity index (χ0n) is 30.1. The predicted octanol–water partition coefficient (Wildman–Crippen LogP) is 7.29. The Morgan fingerprint density at radius 1 is 0.529 bits per heavy atom. The number of nitrogens with zero attached hydrogens (tertiary/aromatic N) is 2. The van der Waals surface area contributed by atoms with Crippen molar-refractivity contribution in [3.63, 3.8) is 0 Å². The normalized spacial score (nSPS) is 11.1. The lowest BCUT2D eigenvalue weighted by atomic mass is 9.95. The molecule has 0 atom stereocenters. The van der Waals surface area contributed by atoms with Gasteiger partial charge in [-0.1, -0.05) is 50.2 Å². The van der Waals surface area contributed by atoms with E-state index in [0.717, 1.165) is 37.6 Å². The molecule has 0 bridgehead atoms. The van der Waals surface area contributed by atoms with Crippen LogP contribution in [0.5, 0.6) is 11.5 Å². The summed E-state index contributed by atoms with van der Waals surface area (Å²) < 4.78 is 11.2. The van der Waals surface area contributed by atoms with Crippen LogP contribution in [0.3, 0.4) is 0 Å². The third kappa shape index (κ3) is 8.94. The Morgan fingerprint density at radius 2 is 0.863 bits per heavy atom. The fourth-order valence-corrected chi connectivity index (χ4v) is 5.72. The highest BCUT2D eigenvalue weighted by Crippen LogP contribution is 2.30. The van der Waals surface area contributed by atoms with E-state index in [1.807, 2.05) is 37.5 Å². The molecule has 0 radical (unpaired) electrons. The van der Waals surface area contributed by atoms with E-state index < -0.39 is 28.9 Å². The minimum atomic E-state index is -0.847. The predicted molar refractivity (Wildman–Crippen MR) is 197 cm³/mol. The maximum Gasteiger partial charge on any atom is 0.338 e. The summed E-state index contributed by atoms with van der Waals surface area (Å²) in [6.45, 7) is 14.1. The highest BCUT2D eigenvalue weighted by Gasteiger charge is 2.28. The molecule has 0 aliphatic carbocycles. The molecule has 0 saturated carbocycles. The molecule has 0 aliphatic rings. The van der Waals surface area contributed by atoms with Gasteiger partial charge in [0.2, 0.25) is 0 Å². The Morgan fingerprint density at radius 3 is 1.18 bits per heavy atom. The first kappa shape index (κ1) is 38.2. The minimum Gasteiger partial charge on any atom is -0.507 e. The van der Waals surface area contributed by atoms with Gasteiger partial charge in [-0.15, -0.1) is 0 Å². The molecule has 0 spiro atoms. The summed E-state index contributed by atoms with van der Waals surface area (Å²) in [4.78, 5) is 57.6. The van der Waals surface area contributed by atoms with Crippen molar-refractivity contribution in [1.29, 1.82) is 0 Å². The molecular weight excluding hydrogens is 648 g/mol. The summed E-state index contributed by atoms with van der Waals surface area (Å²) in [5.41, 5.74) is 1.04. The maximum atomic E-state index is 13.5. The maximum absolute atomic E-state index is 13.5. The van der Waals surface area contributed by atoms with Crippen LogP contribution in [0.4, 0.5) is 11.4 Å². The number of carbonyl (C=O) groups excluding carboxylic acids is 4. The van der Waals surface area contributed by atoms with Gasteiger partial charge in [0.1, 0.15) is 11.5 Å². The lowest BCUT2D eigenvalue weighted by molar-refractivity contribution is 0.00598. The fourth-order valence-electron chi connectivity index (χ4n) is 5.72. The summed E-state index contributed by atoms with van der Waals surface area (Å²) in [6.07, 6.45) is 0. The summed E-state index contributed by atoms with van der Waals surface area (Å²) in [7, 11) is 0. The largest absolute Gasteiger partial charge is 0.507 e. The van der Waals surface area contributed by atoms with Crippen molar-refractivity contribution in [1.82, 2.24) is 0 Å². The third-order valence-corrected chi connectivity index (χ3v) is 8.68. The molecule has 2 N–H and O–H groups in total. The van der Waals surface area contributed by atoms with Crippen LogP contribution in [0.15, 0.2) is 84.9 Å². The molecule has 4 aromatic rings. The molecule has 4 aromatic carbocycles. The second kappa shape index (κ2) is 16.8. The standard InChI is InChI=1S/C41H46N2O8/c1-7-42(8-2)27-19-21-33(35(44)23-27)37(46)29-15-11-13-17-31(29)39(48)50-25-41(5,6)26-51-40(49)32-18-14-12-16-30(32)38(47)34-22-20-28(24-36(34)45)43(9-3)10-4/h11-24,44-45H,7-10,25-26H2,1-6H3. The molecule has 0 saturated heterocycles. The van der Waals surface area contributed by atoms with Gasteiger partial charge < -0.3 is 29.5 Å². The molecule has 51 heavy (non-hydrogen) atoms. The number of benzene rings is 4. The number of rotatable bonds is 16. The number of phenols is 2. The van der Waals surface area contributed by atoms with Crippen LogP contribution in [-0.4, -0.2) is 73.1 Å². The molecule has 0 amide bonds. The van der Waals surface area contributed by atoms with Crippen molar-refractivity contribution in [3.05, 3.63) is 118 Å². The van der Waals surface area contributed by atoms with Crippen molar-refractivity contribution in [2.24, 2.45) is 5.41 Å². The summed E-state index contributed by atoms with van der Waals surface area (Å²) in [5, 5.41) is 21.4. The highest BCUT2D eigenvalue weighted by atomic mass is 16.5. The molecule has 0 unspecified atom stereocenters. The van der Waals surface area contributed by atoms with Gasteiger partial charge in [-0.2, -0.15) is 0 Å². The minimum absolute atomic E-state index is 0.0309. The lowest BCUT2D eigenvalue weighted by Crippen LogP contribution is -2.29. The van der Waals surface area contributed by atoms with Crippen LogP contribution in [-0.2, 0) is 9.47 Å². The first-order valence-electron chi connectivity index (χ1n) is 17.1. The number of ketones is 2. The van der Waals surface area contributed by atoms with Gasteiger partial charge in [-0.25, -0.2) is 9.59 Å². The number of anilines is 2. The second-order valence-corrected chi connectivity index (χ2v) is 12.8. The number of phenolic OH excluding ortho intramolecular Hbond substituents is 2. The zero-order chi connectivity index (χ0) is 37.3. The summed E-state index contributed by atoms with van der Waals surface area (Å²) in [6, 6.07) is 22.1. The second-order valence-electron chi connectivity index (χ2n) is 12.8. The summed E-state index contributed by atoms with van der Waals surface area (Å²) in [5.74, 6) is -2.94.